The molecule has 0 bridgehead atoms. The molecule has 0 aliphatic carbocycles. The van der Waals surface area contributed by atoms with Gasteiger partial charge in [-0.25, -0.2) is 0 Å². The third-order valence-electron chi connectivity index (χ3n) is 1.79. The van der Waals surface area contributed by atoms with E-state index in [0.29, 0.717) is 26.1 Å². The number of ether oxygens (including phenoxy) is 1. The van der Waals surface area contributed by atoms with Gasteiger partial charge in [0.1, 0.15) is 0 Å². The lowest BCUT2D eigenvalue weighted by molar-refractivity contribution is -0.135. The van der Waals surface area contributed by atoms with E-state index in [1.807, 2.05) is 13.8 Å². The lowest BCUT2D eigenvalue weighted by atomic mass is 10.2. The lowest BCUT2D eigenvalue weighted by Gasteiger charge is -2.09. The van der Waals surface area contributed by atoms with Crippen molar-refractivity contribution in [2.75, 3.05) is 19.7 Å². The molecule has 0 aromatic carbocycles. The van der Waals surface area contributed by atoms with Gasteiger partial charge in [-0.3, -0.25) is 0 Å². The maximum atomic E-state index is 11.7. The second kappa shape index (κ2) is 7.93. The van der Waals surface area contributed by atoms with Gasteiger partial charge in [0, 0.05) is 13.0 Å². The van der Waals surface area contributed by atoms with Gasteiger partial charge in [-0.15, -0.1) is 0 Å². The highest BCUT2D eigenvalue weighted by Gasteiger charge is 2.25. The quantitative estimate of drug-likeness (QED) is 0.644. The summed E-state index contributed by atoms with van der Waals surface area (Å²) < 4.78 is 40.5. The maximum absolute atomic E-state index is 11.7. The summed E-state index contributed by atoms with van der Waals surface area (Å²) in [5.41, 5.74) is 0. The van der Waals surface area contributed by atoms with E-state index < -0.39 is 12.6 Å². The van der Waals surface area contributed by atoms with E-state index in [9.17, 15) is 13.2 Å². The molecule has 0 amide bonds. The van der Waals surface area contributed by atoms with Crippen molar-refractivity contribution in [3.8, 4) is 0 Å². The van der Waals surface area contributed by atoms with E-state index in [1.165, 1.54) is 0 Å². The Morgan fingerprint density at radius 3 is 2.33 bits per heavy atom. The molecule has 0 aromatic rings. The molecule has 1 N–H and O–H groups in total. The minimum absolute atomic E-state index is 0.196. The van der Waals surface area contributed by atoms with Gasteiger partial charge in [0.2, 0.25) is 0 Å². The van der Waals surface area contributed by atoms with Crippen LogP contribution in [0, 0.1) is 0 Å². The topological polar surface area (TPSA) is 21.3 Å². The van der Waals surface area contributed by atoms with Crippen molar-refractivity contribution in [2.45, 2.75) is 45.4 Å². The zero-order chi connectivity index (χ0) is 11.7. The Labute approximate surface area is 89.2 Å². The Hall–Kier alpha value is -0.290. The summed E-state index contributed by atoms with van der Waals surface area (Å²) in [6.07, 6.45) is -3.74. The normalized spacial score (nSPS) is 12.4. The van der Waals surface area contributed by atoms with Crippen molar-refractivity contribution in [3.63, 3.8) is 0 Å². The molecule has 0 spiro atoms. The number of nitrogens with one attached hydrogen (secondary N) is 1. The summed E-state index contributed by atoms with van der Waals surface area (Å²) >= 11 is 0. The fourth-order valence-electron chi connectivity index (χ4n) is 1.07. The highest BCUT2D eigenvalue weighted by Crippen LogP contribution is 2.21. The Kier molecular flexibility index (Phi) is 7.78. The smallest absolute Gasteiger partial charge is 0.377 e. The number of halogens is 3. The van der Waals surface area contributed by atoms with Crippen LogP contribution in [0.25, 0.3) is 0 Å². The molecule has 15 heavy (non-hydrogen) atoms. The third-order valence-corrected chi connectivity index (χ3v) is 1.79. The molecule has 0 aliphatic rings. The zero-order valence-corrected chi connectivity index (χ0v) is 9.36. The van der Waals surface area contributed by atoms with Crippen LogP contribution < -0.4 is 5.32 Å². The molecule has 5 heteroatoms. The van der Waals surface area contributed by atoms with Gasteiger partial charge < -0.3 is 10.1 Å². The van der Waals surface area contributed by atoms with Gasteiger partial charge in [0.25, 0.3) is 0 Å². The fraction of sp³-hybridized carbons (Fsp3) is 1.00. The first kappa shape index (κ1) is 14.7. The molecule has 0 atom stereocenters. The van der Waals surface area contributed by atoms with Crippen LogP contribution in [-0.2, 0) is 4.74 Å². The molecule has 0 aliphatic heterocycles. The lowest BCUT2D eigenvalue weighted by Crippen LogP contribution is -2.22. The summed E-state index contributed by atoms with van der Waals surface area (Å²) in [5.74, 6) is 0. The minimum Gasteiger partial charge on any atom is -0.377 e. The Morgan fingerprint density at radius 1 is 1.13 bits per heavy atom. The van der Waals surface area contributed by atoms with Crippen molar-refractivity contribution >= 4 is 0 Å². The van der Waals surface area contributed by atoms with Gasteiger partial charge in [-0.1, -0.05) is 0 Å². The summed E-state index contributed by atoms with van der Waals surface area (Å²) in [6, 6.07) is 0. The molecule has 0 fully saturated rings. The number of rotatable bonds is 8. The zero-order valence-electron chi connectivity index (χ0n) is 9.36. The molecule has 0 saturated heterocycles. The molecular weight excluding hydrogens is 207 g/mol. The summed E-state index contributed by atoms with van der Waals surface area (Å²) in [7, 11) is 0. The van der Waals surface area contributed by atoms with Gasteiger partial charge in [-0.05, 0) is 33.2 Å². The first-order valence-corrected chi connectivity index (χ1v) is 5.31. The summed E-state index contributed by atoms with van der Waals surface area (Å²) in [4.78, 5) is 0. The van der Waals surface area contributed by atoms with Crippen LogP contribution in [0.15, 0.2) is 0 Å². The summed E-state index contributed by atoms with van der Waals surface area (Å²) in [6.45, 7) is 5.82. The predicted octanol–water partition coefficient (Wildman–Crippen LogP) is 2.73. The first-order valence-electron chi connectivity index (χ1n) is 5.31. The van der Waals surface area contributed by atoms with Crippen LogP contribution in [0.5, 0.6) is 0 Å². The number of unbranched alkanes of at least 4 members (excludes halogenated alkanes) is 1. The van der Waals surface area contributed by atoms with E-state index in [2.05, 4.69) is 5.32 Å². The number of hydrogen-bond donors (Lipinski definition) is 1. The van der Waals surface area contributed by atoms with Gasteiger partial charge in [0.05, 0.1) is 12.7 Å². The molecule has 0 heterocycles. The van der Waals surface area contributed by atoms with Gasteiger partial charge >= 0.3 is 6.18 Å². The summed E-state index contributed by atoms with van der Waals surface area (Å²) in [5, 5.41) is 3.03. The van der Waals surface area contributed by atoms with Crippen molar-refractivity contribution in [2.24, 2.45) is 0 Å². The molecule has 0 radical (unpaired) electrons. The highest BCUT2D eigenvalue weighted by atomic mass is 19.4. The molecule has 2 nitrogen and oxygen atoms in total. The van der Waals surface area contributed by atoms with Crippen LogP contribution in [-0.4, -0.2) is 32.0 Å². The van der Waals surface area contributed by atoms with Crippen LogP contribution in [0.1, 0.15) is 33.1 Å². The largest absolute Gasteiger partial charge is 0.389 e. The van der Waals surface area contributed by atoms with E-state index >= 15 is 0 Å². The Bertz CT molecular complexity index is 148. The third kappa shape index (κ3) is 13.7. The monoisotopic (exact) mass is 227 g/mol. The number of alkyl halides is 3. The van der Waals surface area contributed by atoms with Crippen molar-refractivity contribution < 1.29 is 17.9 Å². The van der Waals surface area contributed by atoms with Crippen molar-refractivity contribution in [1.29, 1.82) is 0 Å². The molecular formula is C10H20F3NO. The van der Waals surface area contributed by atoms with E-state index in [0.717, 1.165) is 0 Å². The second-order valence-corrected chi connectivity index (χ2v) is 3.74. The molecule has 0 rings (SSSR count). The minimum atomic E-state index is -4.01. The van der Waals surface area contributed by atoms with Crippen molar-refractivity contribution in [1.82, 2.24) is 5.32 Å². The van der Waals surface area contributed by atoms with Gasteiger partial charge in [-0.2, -0.15) is 13.2 Å². The molecule has 0 aromatic heterocycles. The van der Waals surface area contributed by atoms with E-state index in [1.54, 1.807) is 0 Å². The highest BCUT2D eigenvalue weighted by molar-refractivity contribution is 4.53. The van der Waals surface area contributed by atoms with Crippen LogP contribution >= 0.6 is 0 Å². The first-order chi connectivity index (χ1) is 6.92. The van der Waals surface area contributed by atoms with Gasteiger partial charge in [0.15, 0.2) is 0 Å². The Balaban J connectivity index is 3.06. The number of hydrogen-bond acceptors (Lipinski definition) is 2. The SMILES string of the molecule is CC(C)OCCNCCCCC(F)(F)F. The van der Waals surface area contributed by atoms with E-state index in [-0.39, 0.29) is 12.5 Å². The van der Waals surface area contributed by atoms with Crippen LogP contribution in [0.3, 0.4) is 0 Å². The molecule has 92 valence electrons. The average Bonchev–Trinajstić information content (AvgIpc) is 2.07. The fourth-order valence-corrected chi connectivity index (χ4v) is 1.07. The maximum Gasteiger partial charge on any atom is 0.389 e. The second-order valence-electron chi connectivity index (χ2n) is 3.74. The standard InChI is InChI=1S/C10H20F3NO/c1-9(2)15-8-7-14-6-4-3-5-10(11,12)13/h9,14H,3-8H2,1-2H3. The van der Waals surface area contributed by atoms with Crippen LogP contribution in [0.2, 0.25) is 0 Å². The van der Waals surface area contributed by atoms with E-state index in [4.69, 9.17) is 4.74 Å². The average molecular weight is 227 g/mol. The predicted molar refractivity (Wildman–Crippen MR) is 53.9 cm³/mol. The van der Waals surface area contributed by atoms with Crippen molar-refractivity contribution in [3.05, 3.63) is 0 Å². The molecule has 0 saturated carbocycles. The Morgan fingerprint density at radius 2 is 1.80 bits per heavy atom. The molecule has 0 unspecified atom stereocenters. The van der Waals surface area contributed by atoms with Crippen LogP contribution in [0.4, 0.5) is 13.2 Å².